The summed E-state index contributed by atoms with van der Waals surface area (Å²) in [5, 5.41) is 0. The Balaban J connectivity index is 2.89. The molecule has 0 heterocycles. The summed E-state index contributed by atoms with van der Waals surface area (Å²) in [7, 11) is 1.55. The molecule has 1 aromatic rings. The SMILES string of the molecule is C=CCC[C@@H](N)c1cc(F)ccc1OC. The zero-order chi connectivity index (χ0) is 11.3. The number of methoxy groups -OCH3 is 1. The van der Waals surface area contributed by atoms with Crippen molar-refractivity contribution in [3.8, 4) is 5.75 Å². The van der Waals surface area contributed by atoms with Crippen molar-refractivity contribution in [2.24, 2.45) is 5.73 Å². The van der Waals surface area contributed by atoms with Gasteiger partial charge in [0.2, 0.25) is 0 Å². The Kier molecular flexibility index (Phi) is 4.31. The Labute approximate surface area is 89.6 Å². The molecule has 82 valence electrons. The quantitative estimate of drug-likeness (QED) is 0.757. The average molecular weight is 209 g/mol. The van der Waals surface area contributed by atoms with Crippen molar-refractivity contribution in [2.75, 3.05) is 7.11 Å². The molecule has 1 rings (SSSR count). The highest BCUT2D eigenvalue weighted by molar-refractivity contribution is 5.36. The van der Waals surface area contributed by atoms with E-state index in [0.29, 0.717) is 11.3 Å². The maximum atomic E-state index is 13.0. The molecular weight excluding hydrogens is 193 g/mol. The molecule has 0 aromatic heterocycles. The second kappa shape index (κ2) is 5.51. The maximum Gasteiger partial charge on any atom is 0.123 e. The molecule has 2 N–H and O–H groups in total. The Bertz CT molecular complexity index is 338. The highest BCUT2D eigenvalue weighted by atomic mass is 19.1. The van der Waals surface area contributed by atoms with E-state index < -0.39 is 0 Å². The number of rotatable bonds is 5. The third-order valence-electron chi connectivity index (χ3n) is 2.27. The van der Waals surface area contributed by atoms with E-state index in [1.165, 1.54) is 12.1 Å². The first kappa shape index (κ1) is 11.7. The summed E-state index contributed by atoms with van der Waals surface area (Å²) in [6.07, 6.45) is 3.34. The van der Waals surface area contributed by atoms with Gasteiger partial charge in [0, 0.05) is 11.6 Å². The minimum atomic E-state index is -0.292. The van der Waals surface area contributed by atoms with E-state index in [9.17, 15) is 4.39 Å². The number of allylic oxidation sites excluding steroid dienone is 1. The monoisotopic (exact) mass is 209 g/mol. The lowest BCUT2D eigenvalue weighted by Gasteiger charge is -2.14. The second-order valence-corrected chi connectivity index (χ2v) is 3.36. The van der Waals surface area contributed by atoms with Crippen LogP contribution in [0.25, 0.3) is 0 Å². The highest BCUT2D eigenvalue weighted by Gasteiger charge is 2.11. The predicted octanol–water partition coefficient (Wildman–Crippen LogP) is 2.80. The van der Waals surface area contributed by atoms with Gasteiger partial charge in [0.15, 0.2) is 0 Å². The summed E-state index contributed by atoms with van der Waals surface area (Å²) in [6.45, 7) is 3.63. The van der Waals surface area contributed by atoms with Crippen LogP contribution in [-0.4, -0.2) is 7.11 Å². The topological polar surface area (TPSA) is 35.2 Å². The van der Waals surface area contributed by atoms with Gasteiger partial charge in [-0.05, 0) is 31.0 Å². The zero-order valence-corrected chi connectivity index (χ0v) is 8.87. The first-order valence-corrected chi connectivity index (χ1v) is 4.89. The third kappa shape index (κ3) is 3.06. The minimum absolute atomic E-state index is 0.214. The molecule has 0 aliphatic rings. The Morgan fingerprint density at radius 3 is 2.93 bits per heavy atom. The van der Waals surface area contributed by atoms with Crippen LogP contribution in [0.4, 0.5) is 4.39 Å². The largest absolute Gasteiger partial charge is 0.496 e. The molecule has 0 aliphatic carbocycles. The molecule has 1 aromatic carbocycles. The zero-order valence-electron chi connectivity index (χ0n) is 8.87. The van der Waals surface area contributed by atoms with Gasteiger partial charge in [-0.15, -0.1) is 6.58 Å². The standard InChI is InChI=1S/C12H16FNO/c1-3-4-5-11(14)10-8-9(13)6-7-12(10)15-2/h3,6-8,11H,1,4-5,14H2,2H3/t11-/m1/s1. The molecule has 1 atom stereocenters. The number of hydrogen-bond acceptors (Lipinski definition) is 2. The van der Waals surface area contributed by atoms with Gasteiger partial charge >= 0.3 is 0 Å². The molecule has 0 aliphatic heterocycles. The lowest BCUT2D eigenvalue weighted by Crippen LogP contribution is -2.11. The van der Waals surface area contributed by atoms with E-state index in [1.807, 2.05) is 0 Å². The van der Waals surface area contributed by atoms with Gasteiger partial charge in [-0.2, -0.15) is 0 Å². The molecule has 3 heteroatoms. The molecule has 0 bridgehead atoms. The Morgan fingerprint density at radius 1 is 1.60 bits per heavy atom. The smallest absolute Gasteiger partial charge is 0.123 e. The van der Waals surface area contributed by atoms with Gasteiger partial charge in [0.1, 0.15) is 11.6 Å². The van der Waals surface area contributed by atoms with Gasteiger partial charge in [0.05, 0.1) is 7.11 Å². The van der Waals surface area contributed by atoms with E-state index in [-0.39, 0.29) is 11.9 Å². The van der Waals surface area contributed by atoms with Crippen molar-refractivity contribution in [3.63, 3.8) is 0 Å². The van der Waals surface area contributed by atoms with E-state index in [0.717, 1.165) is 12.8 Å². The van der Waals surface area contributed by atoms with Crippen molar-refractivity contribution in [1.82, 2.24) is 0 Å². The second-order valence-electron chi connectivity index (χ2n) is 3.36. The van der Waals surface area contributed by atoms with E-state index in [4.69, 9.17) is 10.5 Å². The summed E-state index contributed by atoms with van der Waals surface area (Å²) in [4.78, 5) is 0. The van der Waals surface area contributed by atoms with Crippen LogP contribution in [0.3, 0.4) is 0 Å². The molecule has 0 spiro atoms. The first-order valence-electron chi connectivity index (χ1n) is 4.89. The lowest BCUT2D eigenvalue weighted by atomic mass is 10.0. The Hall–Kier alpha value is -1.35. The third-order valence-corrected chi connectivity index (χ3v) is 2.27. The van der Waals surface area contributed by atoms with Crippen LogP contribution in [0, 0.1) is 5.82 Å². The normalized spacial score (nSPS) is 12.2. The first-order chi connectivity index (χ1) is 7.19. The summed E-state index contributed by atoms with van der Waals surface area (Å²) >= 11 is 0. The summed E-state index contributed by atoms with van der Waals surface area (Å²) in [5.41, 5.74) is 6.64. The molecule has 0 saturated heterocycles. The summed E-state index contributed by atoms with van der Waals surface area (Å²) in [6, 6.07) is 4.17. The molecule has 0 amide bonds. The van der Waals surface area contributed by atoms with Crippen LogP contribution in [0.15, 0.2) is 30.9 Å². The average Bonchev–Trinajstić information content (AvgIpc) is 2.25. The molecule has 0 unspecified atom stereocenters. The van der Waals surface area contributed by atoms with Crippen LogP contribution in [0.1, 0.15) is 24.4 Å². The summed E-state index contributed by atoms with van der Waals surface area (Å²) in [5.74, 6) is 0.341. The van der Waals surface area contributed by atoms with Gasteiger partial charge in [-0.25, -0.2) is 4.39 Å². The van der Waals surface area contributed by atoms with Gasteiger partial charge in [0.25, 0.3) is 0 Å². The van der Waals surface area contributed by atoms with Gasteiger partial charge in [-0.1, -0.05) is 6.08 Å². The van der Waals surface area contributed by atoms with Crippen molar-refractivity contribution in [2.45, 2.75) is 18.9 Å². The van der Waals surface area contributed by atoms with E-state index >= 15 is 0 Å². The highest BCUT2D eigenvalue weighted by Crippen LogP contribution is 2.27. The fourth-order valence-corrected chi connectivity index (χ4v) is 1.45. The molecular formula is C12H16FNO. The number of benzene rings is 1. The molecule has 15 heavy (non-hydrogen) atoms. The number of ether oxygens (including phenoxy) is 1. The maximum absolute atomic E-state index is 13.0. The molecule has 0 radical (unpaired) electrons. The van der Waals surface area contributed by atoms with Crippen LogP contribution in [0.5, 0.6) is 5.75 Å². The number of nitrogens with two attached hydrogens (primary N) is 1. The van der Waals surface area contributed by atoms with Crippen molar-refractivity contribution in [3.05, 3.63) is 42.2 Å². The van der Waals surface area contributed by atoms with E-state index in [1.54, 1.807) is 19.3 Å². The molecule has 0 fully saturated rings. The number of hydrogen-bond donors (Lipinski definition) is 1. The number of halogens is 1. The van der Waals surface area contributed by atoms with Crippen molar-refractivity contribution < 1.29 is 9.13 Å². The molecule has 2 nitrogen and oxygen atoms in total. The predicted molar refractivity (Wildman–Crippen MR) is 59.3 cm³/mol. The molecule has 0 saturated carbocycles. The van der Waals surface area contributed by atoms with Crippen LogP contribution >= 0.6 is 0 Å². The van der Waals surface area contributed by atoms with Crippen LogP contribution < -0.4 is 10.5 Å². The lowest BCUT2D eigenvalue weighted by molar-refractivity contribution is 0.403. The fourth-order valence-electron chi connectivity index (χ4n) is 1.45. The van der Waals surface area contributed by atoms with Crippen molar-refractivity contribution in [1.29, 1.82) is 0 Å². The van der Waals surface area contributed by atoms with E-state index in [2.05, 4.69) is 6.58 Å². The van der Waals surface area contributed by atoms with Gasteiger partial charge < -0.3 is 10.5 Å². The minimum Gasteiger partial charge on any atom is -0.496 e. The summed E-state index contributed by atoms with van der Waals surface area (Å²) < 4.78 is 18.2. The van der Waals surface area contributed by atoms with Crippen LogP contribution in [-0.2, 0) is 0 Å². The van der Waals surface area contributed by atoms with Crippen LogP contribution in [0.2, 0.25) is 0 Å². The Morgan fingerprint density at radius 2 is 2.33 bits per heavy atom. The fraction of sp³-hybridized carbons (Fsp3) is 0.333. The van der Waals surface area contributed by atoms with Crippen molar-refractivity contribution >= 4 is 0 Å². The van der Waals surface area contributed by atoms with Gasteiger partial charge in [-0.3, -0.25) is 0 Å².